The predicted molar refractivity (Wildman–Crippen MR) is 90.7 cm³/mol. The molecule has 1 aliphatic rings. The Morgan fingerprint density at radius 1 is 1.21 bits per heavy atom. The monoisotopic (exact) mass is 327 g/mol. The van der Waals surface area contributed by atoms with Crippen molar-refractivity contribution in [3.63, 3.8) is 0 Å². The number of hydrogen-bond acceptors (Lipinski definition) is 3. The summed E-state index contributed by atoms with van der Waals surface area (Å²) in [7, 11) is 0. The SMILES string of the molecule is CCc1cccc(CC)c1NC(=O)N1Cc2cnn(C(N)=O)c2C1. The van der Waals surface area contributed by atoms with E-state index in [0.29, 0.717) is 18.8 Å². The Bertz CT molecular complexity index is 774. The van der Waals surface area contributed by atoms with Crippen LogP contribution in [0.1, 0.15) is 36.2 Å². The quantitative estimate of drug-likeness (QED) is 0.907. The molecule has 0 aliphatic carbocycles. The Labute approximate surface area is 140 Å². The molecule has 0 spiro atoms. The van der Waals surface area contributed by atoms with E-state index in [0.717, 1.165) is 39.9 Å². The number of aryl methyl sites for hydroxylation is 2. The minimum atomic E-state index is -0.636. The van der Waals surface area contributed by atoms with E-state index in [4.69, 9.17) is 5.73 Å². The fraction of sp³-hybridized carbons (Fsp3) is 0.353. The second-order valence-corrected chi connectivity index (χ2v) is 5.81. The van der Waals surface area contributed by atoms with Crippen molar-refractivity contribution in [1.82, 2.24) is 14.7 Å². The lowest BCUT2D eigenvalue weighted by atomic mass is 10.0. The lowest BCUT2D eigenvalue weighted by Gasteiger charge is -2.20. The molecular weight excluding hydrogens is 306 g/mol. The third-order valence-electron chi connectivity index (χ3n) is 4.38. The number of hydrogen-bond donors (Lipinski definition) is 2. The molecule has 0 fully saturated rings. The van der Waals surface area contributed by atoms with Gasteiger partial charge in [-0.15, -0.1) is 0 Å². The zero-order chi connectivity index (χ0) is 17.3. The van der Waals surface area contributed by atoms with Crippen LogP contribution in [0.4, 0.5) is 15.3 Å². The van der Waals surface area contributed by atoms with Crippen molar-refractivity contribution in [2.24, 2.45) is 5.73 Å². The molecule has 0 radical (unpaired) electrons. The maximum Gasteiger partial charge on any atom is 0.339 e. The van der Waals surface area contributed by atoms with E-state index >= 15 is 0 Å². The molecule has 7 heteroatoms. The summed E-state index contributed by atoms with van der Waals surface area (Å²) in [6.07, 6.45) is 3.28. The van der Waals surface area contributed by atoms with E-state index in [1.165, 1.54) is 0 Å². The topological polar surface area (TPSA) is 93.2 Å². The fourth-order valence-electron chi connectivity index (χ4n) is 3.07. The van der Waals surface area contributed by atoms with Crippen LogP contribution < -0.4 is 11.1 Å². The molecule has 7 nitrogen and oxygen atoms in total. The molecule has 1 aromatic heterocycles. The molecule has 2 heterocycles. The van der Waals surface area contributed by atoms with Crippen molar-refractivity contribution in [3.05, 3.63) is 46.8 Å². The summed E-state index contributed by atoms with van der Waals surface area (Å²) >= 11 is 0. The van der Waals surface area contributed by atoms with Crippen LogP contribution in [0.15, 0.2) is 24.4 Å². The largest absolute Gasteiger partial charge is 0.350 e. The first-order valence-electron chi connectivity index (χ1n) is 8.07. The fourth-order valence-corrected chi connectivity index (χ4v) is 3.07. The van der Waals surface area contributed by atoms with E-state index in [9.17, 15) is 9.59 Å². The Kier molecular flexibility index (Phi) is 4.24. The number of urea groups is 1. The molecule has 0 atom stereocenters. The van der Waals surface area contributed by atoms with Crippen molar-refractivity contribution in [2.75, 3.05) is 5.32 Å². The number of aromatic nitrogens is 2. The van der Waals surface area contributed by atoms with Crippen LogP contribution in [0.3, 0.4) is 0 Å². The van der Waals surface area contributed by atoms with Crippen LogP contribution >= 0.6 is 0 Å². The number of nitrogens with zero attached hydrogens (tertiary/aromatic N) is 3. The zero-order valence-corrected chi connectivity index (χ0v) is 13.9. The van der Waals surface area contributed by atoms with Gasteiger partial charge in [-0.1, -0.05) is 32.0 Å². The number of rotatable bonds is 3. The molecular formula is C17H21N5O2. The molecule has 126 valence electrons. The van der Waals surface area contributed by atoms with Gasteiger partial charge in [-0.2, -0.15) is 9.78 Å². The lowest BCUT2D eigenvalue weighted by Crippen LogP contribution is -2.32. The van der Waals surface area contributed by atoms with Crippen molar-refractivity contribution in [3.8, 4) is 0 Å². The molecule has 1 aliphatic heterocycles. The van der Waals surface area contributed by atoms with Crippen molar-refractivity contribution >= 4 is 17.7 Å². The van der Waals surface area contributed by atoms with Gasteiger partial charge in [0.05, 0.1) is 25.0 Å². The standard InChI is InChI=1S/C17H21N5O2/c1-3-11-6-5-7-12(4-2)15(11)20-17(24)21-9-13-8-19-22(16(18)23)14(13)10-21/h5-8H,3-4,9-10H2,1-2H3,(H2,18,23)(H,20,24). The number of nitrogens with one attached hydrogen (secondary N) is 1. The number of amides is 3. The molecule has 3 N–H and O–H groups in total. The van der Waals surface area contributed by atoms with Gasteiger partial charge in [0.25, 0.3) is 0 Å². The highest BCUT2D eigenvalue weighted by molar-refractivity contribution is 5.91. The lowest BCUT2D eigenvalue weighted by molar-refractivity contribution is 0.211. The molecule has 24 heavy (non-hydrogen) atoms. The van der Waals surface area contributed by atoms with E-state index < -0.39 is 6.03 Å². The molecule has 3 amide bonds. The molecule has 3 rings (SSSR count). The van der Waals surface area contributed by atoms with Crippen molar-refractivity contribution < 1.29 is 9.59 Å². The second kappa shape index (κ2) is 6.35. The average molecular weight is 327 g/mol. The zero-order valence-electron chi connectivity index (χ0n) is 13.9. The van der Waals surface area contributed by atoms with Gasteiger partial charge in [0, 0.05) is 11.3 Å². The molecule has 2 aromatic rings. The van der Waals surface area contributed by atoms with Gasteiger partial charge < -0.3 is 16.0 Å². The van der Waals surface area contributed by atoms with E-state index in [-0.39, 0.29) is 6.03 Å². The van der Waals surface area contributed by atoms with Gasteiger partial charge in [-0.05, 0) is 24.0 Å². The maximum atomic E-state index is 12.7. The number of primary amides is 1. The van der Waals surface area contributed by atoms with Gasteiger partial charge in [-0.25, -0.2) is 9.59 Å². The summed E-state index contributed by atoms with van der Waals surface area (Å²) < 4.78 is 1.15. The highest BCUT2D eigenvalue weighted by Crippen LogP contribution is 2.26. The number of para-hydroxylation sites is 1. The molecule has 1 aromatic carbocycles. The van der Waals surface area contributed by atoms with E-state index in [2.05, 4.69) is 24.3 Å². The Morgan fingerprint density at radius 2 is 1.88 bits per heavy atom. The van der Waals surface area contributed by atoms with E-state index in [1.54, 1.807) is 11.1 Å². The first-order valence-corrected chi connectivity index (χ1v) is 8.07. The number of fused-ring (bicyclic) bond motifs is 1. The first-order chi connectivity index (χ1) is 11.5. The minimum Gasteiger partial charge on any atom is -0.350 e. The number of carbonyl (C=O) groups excluding carboxylic acids is 2. The summed E-state index contributed by atoms with van der Waals surface area (Å²) in [5.74, 6) is 0. The molecule has 0 bridgehead atoms. The highest BCUT2D eigenvalue weighted by atomic mass is 16.2. The van der Waals surface area contributed by atoms with Crippen molar-refractivity contribution in [1.29, 1.82) is 0 Å². The maximum absolute atomic E-state index is 12.7. The summed E-state index contributed by atoms with van der Waals surface area (Å²) in [5.41, 5.74) is 9.94. The number of anilines is 1. The van der Waals surface area contributed by atoms with Gasteiger partial charge in [0.1, 0.15) is 0 Å². The predicted octanol–water partition coefficient (Wildman–Crippen LogP) is 2.48. The number of carbonyl (C=O) groups is 2. The number of nitrogens with two attached hydrogens (primary N) is 1. The third-order valence-corrected chi connectivity index (χ3v) is 4.38. The molecule has 0 saturated carbocycles. The Balaban J connectivity index is 1.79. The average Bonchev–Trinajstić information content (AvgIpc) is 3.15. The number of benzene rings is 1. The summed E-state index contributed by atoms with van der Waals surface area (Å²) in [6, 6.07) is 5.25. The van der Waals surface area contributed by atoms with Gasteiger partial charge in [0.2, 0.25) is 0 Å². The minimum absolute atomic E-state index is 0.183. The highest BCUT2D eigenvalue weighted by Gasteiger charge is 2.29. The second-order valence-electron chi connectivity index (χ2n) is 5.81. The van der Waals surface area contributed by atoms with Crippen molar-refractivity contribution in [2.45, 2.75) is 39.8 Å². The molecule has 0 saturated heterocycles. The normalized spacial score (nSPS) is 13.0. The molecule has 0 unspecified atom stereocenters. The van der Waals surface area contributed by atoms with Crippen LogP contribution in [0.2, 0.25) is 0 Å². The van der Waals surface area contributed by atoms with Crippen LogP contribution in [-0.2, 0) is 25.9 Å². The first kappa shape index (κ1) is 16.0. The third kappa shape index (κ3) is 2.73. The van der Waals surface area contributed by atoms with Crippen LogP contribution in [0.25, 0.3) is 0 Å². The summed E-state index contributed by atoms with van der Waals surface area (Å²) in [6.45, 7) is 4.87. The smallest absolute Gasteiger partial charge is 0.339 e. The van der Waals surface area contributed by atoms with Crippen LogP contribution in [0, 0.1) is 0 Å². The Morgan fingerprint density at radius 3 is 2.46 bits per heavy atom. The Hall–Kier alpha value is -2.83. The van der Waals surface area contributed by atoms with Crippen LogP contribution in [0.5, 0.6) is 0 Å². The summed E-state index contributed by atoms with van der Waals surface area (Å²) in [4.78, 5) is 25.7. The van der Waals surface area contributed by atoms with Gasteiger partial charge in [-0.3, -0.25) is 0 Å². The van der Waals surface area contributed by atoms with Gasteiger partial charge >= 0.3 is 12.1 Å². The van der Waals surface area contributed by atoms with Crippen LogP contribution in [-0.4, -0.2) is 26.7 Å². The van der Waals surface area contributed by atoms with E-state index in [1.807, 2.05) is 18.2 Å². The summed E-state index contributed by atoms with van der Waals surface area (Å²) in [5, 5.41) is 6.99. The van der Waals surface area contributed by atoms with Gasteiger partial charge in [0.15, 0.2) is 0 Å².